The van der Waals surface area contributed by atoms with E-state index in [-0.39, 0.29) is 12.5 Å². The number of piperidine rings is 1. The normalized spacial score (nSPS) is 21.7. The first-order valence-electron chi connectivity index (χ1n) is 9.39. The van der Waals surface area contributed by atoms with Crippen molar-refractivity contribution in [3.05, 3.63) is 35.4 Å². The second kappa shape index (κ2) is 7.85. The predicted octanol–water partition coefficient (Wildman–Crippen LogP) is 1.78. The van der Waals surface area contributed by atoms with Crippen molar-refractivity contribution in [2.45, 2.75) is 44.7 Å². The third-order valence-corrected chi connectivity index (χ3v) is 5.79. The van der Waals surface area contributed by atoms with Crippen molar-refractivity contribution < 1.29 is 15.0 Å². The minimum atomic E-state index is -0.507. The zero-order chi connectivity index (χ0) is 17.9. The van der Waals surface area contributed by atoms with Crippen LogP contribution in [-0.4, -0.2) is 52.9 Å². The van der Waals surface area contributed by atoms with Crippen LogP contribution in [-0.2, 0) is 6.54 Å². The van der Waals surface area contributed by atoms with Crippen molar-refractivity contribution in [3.8, 4) is 0 Å². The molecule has 0 spiro atoms. The molecule has 1 saturated heterocycles. The Labute approximate surface area is 150 Å². The van der Waals surface area contributed by atoms with Gasteiger partial charge in [-0.1, -0.05) is 12.1 Å². The van der Waals surface area contributed by atoms with Gasteiger partial charge in [0.1, 0.15) is 0 Å². The minimum Gasteiger partial charge on any atom is -0.396 e. The Morgan fingerprint density at radius 2 is 1.80 bits per heavy atom. The maximum absolute atomic E-state index is 12.5. The summed E-state index contributed by atoms with van der Waals surface area (Å²) in [6, 6.07) is 7.77. The molecule has 0 aromatic heterocycles. The molecule has 3 rings (SSSR count). The van der Waals surface area contributed by atoms with Gasteiger partial charge in [0, 0.05) is 18.7 Å². The zero-order valence-electron chi connectivity index (χ0n) is 15.1. The Balaban J connectivity index is 1.54. The summed E-state index contributed by atoms with van der Waals surface area (Å²) in [6.07, 6.45) is 4.25. The van der Waals surface area contributed by atoms with Gasteiger partial charge < -0.3 is 15.5 Å². The smallest absolute Gasteiger partial charge is 0.251 e. The molecule has 1 aromatic carbocycles. The molecule has 2 aliphatic rings. The molecule has 5 nitrogen and oxygen atoms in total. The molecule has 0 bridgehead atoms. The van der Waals surface area contributed by atoms with E-state index < -0.39 is 5.54 Å². The van der Waals surface area contributed by atoms with E-state index in [1.807, 2.05) is 31.2 Å². The van der Waals surface area contributed by atoms with Crippen LogP contribution in [0.25, 0.3) is 0 Å². The molecule has 25 heavy (non-hydrogen) atoms. The lowest BCUT2D eigenvalue weighted by Gasteiger charge is -2.31. The monoisotopic (exact) mass is 346 g/mol. The van der Waals surface area contributed by atoms with E-state index in [0.717, 1.165) is 45.3 Å². The maximum Gasteiger partial charge on any atom is 0.251 e. The van der Waals surface area contributed by atoms with Crippen LogP contribution in [0, 0.1) is 11.8 Å². The molecule has 138 valence electrons. The van der Waals surface area contributed by atoms with Crippen LogP contribution >= 0.6 is 0 Å². The SMILES string of the molecule is CC(CO)(NC(=O)c1ccc(CN2CCC(CO)CC2)cc1)C1CC1. The molecule has 1 heterocycles. The molecule has 1 atom stereocenters. The number of aliphatic hydroxyl groups excluding tert-OH is 2. The quantitative estimate of drug-likeness (QED) is 0.704. The van der Waals surface area contributed by atoms with Crippen LogP contribution in [0.4, 0.5) is 0 Å². The summed E-state index contributed by atoms with van der Waals surface area (Å²) in [7, 11) is 0. The van der Waals surface area contributed by atoms with Gasteiger partial charge in [0.2, 0.25) is 0 Å². The number of aliphatic hydroxyl groups is 2. The average molecular weight is 346 g/mol. The number of hydrogen-bond donors (Lipinski definition) is 3. The highest BCUT2D eigenvalue weighted by Crippen LogP contribution is 2.39. The summed E-state index contributed by atoms with van der Waals surface area (Å²) >= 11 is 0. The first kappa shape index (κ1) is 18.4. The summed E-state index contributed by atoms with van der Waals surface area (Å²) in [6.45, 7) is 5.12. The number of nitrogens with zero attached hydrogens (tertiary/aromatic N) is 1. The van der Waals surface area contributed by atoms with Crippen molar-refractivity contribution in [1.82, 2.24) is 10.2 Å². The van der Waals surface area contributed by atoms with Crippen molar-refractivity contribution >= 4 is 5.91 Å². The summed E-state index contributed by atoms with van der Waals surface area (Å²) < 4.78 is 0. The Kier molecular flexibility index (Phi) is 5.77. The summed E-state index contributed by atoms with van der Waals surface area (Å²) in [5, 5.41) is 21.8. The lowest BCUT2D eigenvalue weighted by Crippen LogP contribution is -2.50. The fourth-order valence-electron chi connectivity index (χ4n) is 3.67. The molecule has 3 N–H and O–H groups in total. The topological polar surface area (TPSA) is 72.8 Å². The number of amides is 1. The van der Waals surface area contributed by atoms with Crippen LogP contribution in [0.1, 0.15) is 48.5 Å². The molecule has 1 aliphatic carbocycles. The Bertz CT molecular complexity index is 577. The van der Waals surface area contributed by atoms with Gasteiger partial charge in [-0.05, 0) is 75.2 Å². The standard InChI is InChI=1S/C20H30N2O3/c1-20(14-24,18-6-7-18)21-19(25)17-4-2-15(3-5-17)12-22-10-8-16(13-23)9-11-22/h2-5,16,18,23-24H,6-14H2,1H3,(H,21,25). The molecule has 1 saturated carbocycles. The van der Waals surface area contributed by atoms with Crippen LogP contribution in [0.2, 0.25) is 0 Å². The lowest BCUT2D eigenvalue weighted by atomic mass is 9.96. The highest BCUT2D eigenvalue weighted by atomic mass is 16.3. The average Bonchev–Trinajstić information content (AvgIpc) is 3.48. The first-order chi connectivity index (χ1) is 12.0. The number of likely N-dealkylation sites (tertiary alicyclic amines) is 1. The van der Waals surface area contributed by atoms with E-state index in [4.69, 9.17) is 0 Å². The number of nitrogens with one attached hydrogen (secondary N) is 1. The fraction of sp³-hybridized carbons (Fsp3) is 0.650. The predicted molar refractivity (Wildman–Crippen MR) is 97.2 cm³/mol. The van der Waals surface area contributed by atoms with Gasteiger partial charge >= 0.3 is 0 Å². The fourth-order valence-corrected chi connectivity index (χ4v) is 3.67. The molecular weight excluding hydrogens is 316 g/mol. The number of hydrogen-bond acceptors (Lipinski definition) is 4. The van der Waals surface area contributed by atoms with Crippen LogP contribution < -0.4 is 5.32 Å². The van der Waals surface area contributed by atoms with Gasteiger partial charge in [-0.2, -0.15) is 0 Å². The Hall–Kier alpha value is -1.43. The van der Waals surface area contributed by atoms with E-state index in [2.05, 4.69) is 10.2 Å². The number of carbonyl (C=O) groups excluding carboxylic acids is 1. The summed E-state index contributed by atoms with van der Waals surface area (Å²) in [5.74, 6) is 0.732. The molecule has 0 radical (unpaired) electrons. The Morgan fingerprint density at radius 3 is 2.32 bits per heavy atom. The van der Waals surface area contributed by atoms with Gasteiger partial charge in [0.25, 0.3) is 5.91 Å². The van der Waals surface area contributed by atoms with E-state index in [0.29, 0.717) is 24.0 Å². The highest BCUT2D eigenvalue weighted by Gasteiger charge is 2.42. The third kappa shape index (κ3) is 4.60. The molecule has 5 heteroatoms. The Morgan fingerprint density at radius 1 is 1.16 bits per heavy atom. The largest absolute Gasteiger partial charge is 0.396 e. The molecule has 1 amide bonds. The van der Waals surface area contributed by atoms with Crippen molar-refractivity contribution in [1.29, 1.82) is 0 Å². The van der Waals surface area contributed by atoms with E-state index in [1.54, 1.807) is 0 Å². The zero-order valence-corrected chi connectivity index (χ0v) is 15.1. The molecular formula is C20H30N2O3. The highest BCUT2D eigenvalue weighted by molar-refractivity contribution is 5.94. The number of carbonyl (C=O) groups is 1. The summed E-state index contributed by atoms with van der Waals surface area (Å²) in [5.41, 5.74) is 1.33. The molecule has 2 fully saturated rings. The van der Waals surface area contributed by atoms with E-state index in [9.17, 15) is 15.0 Å². The van der Waals surface area contributed by atoms with Crippen LogP contribution in [0.5, 0.6) is 0 Å². The van der Waals surface area contributed by atoms with Crippen LogP contribution in [0.15, 0.2) is 24.3 Å². The molecule has 1 aromatic rings. The van der Waals surface area contributed by atoms with Crippen LogP contribution in [0.3, 0.4) is 0 Å². The second-order valence-electron chi connectivity index (χ2n) is 7.90. The lowest BCUT2D eigenvalue weighted by molar-refractivity contribution is 0.0824. The third-order valence-electron chi connectivity index (χ3n) is 5.79. The number of benzene rings is 1. The van der Waals surface area contributed by atoms with Gasteiger partial charge in [-0.3, -0.25) is 9.69 Å². The molecule has 1 unspecified atom stereocenters. The first-order valence-corrected chi connectivity index (χ1v) is 9.39. The van der Waals surface area contributed by atoms with Gasteiger partial charge in [-0.25, -0.2) is 0 Å². The van der Waals surface area contributed by atoms with Gasteiger partial charge in [0.05, 0.1) is 12.1 Å². The van der Waals surface area contributed by atoms with E-state index in [1.165, 1.54) is 5.56 Å². The van der Waals surface area contributed by atoms with Gasteiger partial charge in [0.15, 0.2) is 0 Å². The second-order valence-corrected chi connectivity index (χ2v) is 7.90. The molecule has 1 aliphatic heterocycles. The maximum atomic E-state index is 12.5. The van der Waals surface area contributed by atoms with Gasteiger partial charge in [-0.15, -0.1) is 0 Å². The number of rotatable bonds is 7. The van der Waals surface area contributed by atoms with Crippen molar-refractivity contribution in [2.24, 2.45) is 11.8 Å². The van der Waals surface area contributed by atoms with Crippen molar-refractivity contribution in [2.75, 3.05) is 26.3 Å². The summed E-state index contributed by atoms with van der Waals surface area (Å²) in [4.78, 5) is 14.9. The van der Waals surface area contributed by atoms with Crippen molar-refractivity contribution in [3.63, 3.8) is 0 Å². The van der Waals surface area contributed by atoms with E-state index >= 15 is 0 Å². The minimum absolute atomic E-state index is 0.0225.